The number of likely N-dealkylation sites (tertiary alicyclic amines) is 1. The van der Waals surface area contributed by atoms with Gasteiger partial charge in [-0.1, -0.05) is 18.2 Å². The fraction of sp³-hybridized carbons (Fsp3) is 0.667. The Kier molecular flexibility index (Phi) is 4.58. The molecule has 5 nitrogen and oxygen atoms in total. The lowest BCUT2D eigenvalue weighted by Crippen LogP contribution is -2.59. The molecule has 1 aromatic carbocycles. The van der Waals surface area contributed by atoms with E-state index in [0.29, 0.717) is 0 Å². The molecule has 0 aliphatic carbocycles. The zero-order valence-electron chi connectivity index (χ0n) is 16.3. The number of benzene rings is 1. The number of ether oxygens (including phenoxy) is 1. The van der Waals surface area contributed by atoms with Crippen molar-refractivity contribution >= 4 is 11.6 Å². The number of amides is 1. The summed E-state index contributed by atoms with van der Waals surface area (Å²) in [6.07, 6.45) is 2.04. The summed E-state index contributed by atoms with van der Waals surface area (Å²) < 4.78 is 5.52. The average Bonchev–Trinajstić information content (AvgIpc) is 2.85. The van der Waals surface area contributed by atoms with Gasteiger partial charge in [-0.2, -0.15) is 0 Å². The molecular formula is C21H31N3O2. The van der Waals surface area contributed by atoms with E-state index in [1.54, 1.807) is 0 Å². The third kappa shape index (κ3) is 2.86. The molecule has 0 aromatic heterocycles. The van der Waals surface area contributed by atoms with E-state index in [1.165, 1.54) is 5.56 Å². The molecule has 3 heterocycles. The van der Waals surface area contributed by atoms with Gasteiger partial charge in [0.1, 0.15) is 0 Å². The van der Waals surface area contributed by atoms with E-state index in [1.807, 2.05) is 18.0 Å². The number of hydrogen-bond acceptors (Lipinski definition) is 4. The van der Waals surface area contributed by atoms with Gasteiger partial charge in [0.25, 0.3) is 0 Å². The van der Waals surface area contributed by atoms with E-state index in [-0.39, 0.29) is 16.9 Å². The second-order valence-corrected chi connectivity index (χ2v) is 8.69. The Labute approximate surface area is 156 Å². The van der Waals surface area contributed by atoms with Gasteiger partial charge in [-0.05, 0) is 44.9 Å². The first-order chi connectivity index (χ1) is 12.4. The predicted molar refractivity (Wildman–Crippen MR) is 104 cm³/mol. The first kappa shape index (κ1) is 18.0. The Hall–Kier alpha value is -1.43. The average molecular weight is 357 g/mol. The van der Waals surface area contributed by atoms with Crippen LogP contribution in [0.1, 0.15) is 32.3 Å². The van der Waals surface area contributed by atoms with Gasteiger partial charge in [-0.15, -0.1) is 0 Å². The number of carbonyl (C=O) groups excluding carboxylic acids is 1. The normalized spacial score (nSPS) is 28.0. The van der Waals surface area contributed by atoms with Crippen molar-refractivity contribution in [1.82, 2.24) is 9.80 Å². The molecule has 2 fully saturated rings. The molecule has 1 amide bonds. The zero-order chi connectivity index (χ0) is 18.4. The maximum absolute atomic E-state index is 13.2. The summed E-state index contributed by atoms with van der Waals surface area (Å²) >= 11 is 0. The minimum atomic E-state index is -0.356. The standard InChI is InChI=1S/C21H31N3O2/c1-20(2,24-11-13-26-14-12-24)15-23-10-6-9-21(16-23)17-7-4-5-8-18(17)22(3)19(21)25/h4-5,7-8H,6,9-16H2,1-3H3/t21-/m0/s1. The van der Waals surface area contributed by atoms with Gasteiger partial charge in [0, 0.05) is 44.5 Å². The van der Waals surface area contributed by atoms with Gasteiger partial charge in [-0.3, -0.25) is 9.69 Å². The molecule has 0 radical (unpaired) electrons. The van der Waals surface area contributed by atoms with Gasteiger partial charge in [0.15, 0.2) is 0 Å². The molecule has 4 rings (SSSR count). The highest BCUT2D eigenvalue weighted by Gasteiger charge is 2.51. The third-order valence-electron chi connectivity index (χ3n) is 6.54. The second-order valence-electron chi connectivity index (χ2n) is 8.69. The third-order valence-corrected chi connectivity index (χ3v) is 6.54. The molecule has 1 atom stereocenters. The van der Waals surface area contributed by atoms with E-state index in [0.717, 1.165) is 64.5 Å². The quantitative estimate of drug-likeness (QED) is 0.830. The van der Waals surface area contributed by atoms with Crippen LogP contribution in [0.15, 0.2) is 24.3 Å². The van der Waals surface area contributed by atoms with Crippen molar-refractivity contribution in [2.45, 2.75) is 37.6 Å². The molecular weight excluding hydrogens is 326 g/mol. The molecule has 0 unspecified atom stereocenters. The van der Waals surface area contributed by atoms with Crippen molar-refractivity contribution in [3.05, 3.63) is 29.8 Å². The summed E-state index contributed by atoms with van der Waals surface area (Å²) in [5.41, 5.74) is 2.05. The van der Waals surface area contributed by atoms with Crippen LogP contribution in [0.4, 0.5) is 5.69 Å². The molecule has 26 heavy (non-hydrogen) atoms. The first-order valence-electron chi connectivity index (χ1n) is 9.87. The maximum Gasteiger partial charge on any atom is 0.238 e. The Morgan fingerprint density at radius 3 is 2.65 bits per heavy atom. The predicted octanol–water partition coefficient (Wildman–Crippen LogP) is 2.11. The van der Waals surface area contributed by atoms with Crippen LogP contribution in [0, 0.1) is 0 Å². The lowest BCUT2D eigenvalue weighted by Gasteiger charge is -2.47. The number of anilines is 1. The lowest BCUT2D eigenvalue weighted by atomic mass is 9.74. The Bertz CT molecular complexity index is 684. The fourth-order valence-electron chi connectivity index (χ4n) is 5.21. The van der Waals surface area contributed by atoms with Crippen LogP contribution in [-0.2, 0) is 14.9 Å². The minimum Gasteiger partial charge on any atom is -0.379 e. The van der Waals surface area contributed by atoms with Crippen LogP contribution < -0.4 is 4.90 Å². The number of piperidine rings is 1. The van der Waals surface area contributed by atoms with Crippen LogP contribution in [-0.4, -0.2) is 74.2 Å². The molecule has 2 saturated heterocycles. The highest BCUT2D eigenvalue weighted by atomic mass is 16.5. The summed E-state index contributed by atoms with van der Waals surface area (Å²) in [7, 11) is 1.92. The van der Waals surface area contributed by atoms with E-state index >= 15 is 0 Å². The van der Waals surface area contributed by atoms with Gasteiger partial charge in [0.2, 0.25) is 5.91 Å². The topological polar surface area (TPSA) is 36.0 Å². The number of para-hydroxylation sites is 1. The highest BCUT2D eigenvalue weighted by Crippen LogP contribution is 2.46. The van der Waals surface area contributed by atoms with E-state index < -0.39 is 0 Å². The van der Waals surface area contributed by atoms with Gasteiger partial charge < -0.3 is 14.5 Å². The monoisotopic (exact) mass is 357 g/mol. The summed E-state index contributed by atoms with van der Waals surface area (Å²) in [6, 6.07) is 8.35. The molecule has 142 valence electrons. The number of likely N-dealkylation sites (N-methyl/N-ethyl adjacent to an activating group) is 1. The summed E-state index contributed by atoms with van der Waals surface area (Å²) in [6.45, 7) is 11.2. The van der Waals surface area contributed by atoms with Crippen LogP contribution in [0.5, 0.6) is 0 Å². The van der Waals surface area contributed by atoms with Crippen LogP contribution >= 0.6 is 0 Å². The number of fused-ring (bicyclic) bond motifs is 2. The fourth-order valence-corrected chi connectivity index (χ4v) is 5.21. The van der Waals surface area contributed by atoms with Crippen molar-refractivity contribution < 1.29 is 9.53 Å². The van der Waals surface area contributed by atoms with Gasteiger partial charge >= 0.3 is 0 Å². The minimum absolute atomic E-state index is 0.0926. The largest absolute Gasteiger partial charge is 0.379 e. The first-order valence-corrected chi connectivity index (χ1v) is 9.87. The molecule has 5 heteroatoms. The van der Waals surface area contributed by atoms with Crippen molar-refractivity contribution in [3.8, 4) is 0 Å². The van der Waals surface area contributed by atoms with Crippen LogP contribution in [0.25, 0.3) is 0 Å². The molecule has 0 N–H and O–H groups in total. The Balaban J connectivity index is 1.55. The maximum atomic E-state index is 13.2. The number of hydrogen-bond donors (Lipinski definition) is 0. The molecule has 1 spiro atoms. The highest BCUT2D eigenvalue weighted by molar-refractivity contribution is 6.08. The summed E-state index contributed by atoms with van der Waals surface area (Å²) in [5, 5.41) is 0. The van der Waals surface area contributed by atoms with E-state index in [2.05, 4.69) is 41.8 Å². The van der Waals surface area contributed by atoms with Gasteiger partial charge in [0.05, 0.1) is 18.6 Å². The molecule has 0 saturated carbocycles. The van der Waals surface area contributed by atoms with E-state index in [9.17, 15) is 4.79 Å². The second kappa shape index (κ2) is 6.63. The van der Waals surface area contributed by atoms with Crippen molar-refractivity contribution in [2.24, 2.45) is 0 Å². The molecule has 3 aliphatic rings. The smallest absolute Gasteiger partial charge is 0.238 e. The number of rotatable bonds is 3. The Morgan fingerprint density at radius 1 is 1.15 bits per heavy atom. The van der Waals surface area contributed by atoms with Crippen molar-refractivity contribution in [2.75, 3.05) is 57.9 Å². The molecule has 1 aromatic rings. The summed E-state index contributed by atoms with van der Waals surface area (Å²) in [5.74, 6) is 0.271. The number of nitrogens with zero attached hydrogens (tertiary/aromatic N) is 3. The number of carbonyl (C=O) groups is 1. The van der Waals surface area contributed by atoms with Crippen molar-refractivity contribution in [1.29, 1.82) is 0 Å². The van der Waals surface area contributed by atoms with Crippen LogP contribution in [0.2, 0.25) is 0 Å². The SMILES string of the molecule is CN1C(=O)[C@]2(CCCN(CC(C)(C)N3CCOCC3)C2)c2ccccc21. The summed E-state index contributed by atoms with van der Waals surface area (Å²) in [4.78, 5) is 20.1. The van der Waals surface area contributed by atoms with Crippen LogP contribution in [0.3, 0.4) is 0 Å². The molecule has 3 aliphatic heterocycles. The van der Waals surface area contributed by atoms with E-state index in [4.69, 9.17) is 4.74 Å². The van der Waals surface area contributed by atoms with Crippen molar-refractivity contribution in [3.63, 3.8) is 0 Å². The lowest BCUT2D eigenvalue weighted by molar-refractivity contribution is -0.125. The van der Waals surface area contributed by atoms with Gasteiger partial charge in [-0.25, -0.2) is 0 Å². The molecule has 0 bridgehead atoms. The zero-order valence-corrected chi connectivity index (χ0v) is 16.3. The number of morpholine rings is 1. The Morgan fingerprint density at radius 2 is 1.88 bits per heavy atom.